The predicted molar refractivity (Wildman–Crippen MR) is 104 cm³/mol. The summed E-state index contributed by atoms with van der Waals surface area (Å²) in [5.74, 6) is 0.0859. The lowest BCUT2D eigenvalue weighted by Crippen LogP contribution is -2.30. The number of rotatable bonds is 6. The van der Waals surface area contributed by atoms with Gasteiger partial charge < -0.3 is 23.9 Å². The minimum absolute atomic E-state index is 0.0156. The minimum atomic E-state index is -0.647. The molecule has 1 aliphatic rings. The normalized spacial score (nSPS) is 14.9. The first kappa shape index (κ1) is 20.5. The van der Waals surface area contributed by atoms with Crippen LogP contribution in [0.4, 0.5) is 4.79 Å². The molecule has 152 valence electrons. The van der Waals surface area contributed by atoms with Crippen molar-refractivity contribution in [3.63, 3.8) is 0 Å². The smallest absolute Gasteiger partial charge is 0.373 e. The van der Waals surface area contributed by atoms with E-state index in [1.807, 2.05) is 0 Å². The zero-order valence-electron chi connectivity index (χ0n) is 15.8. The molecule has 2 aromatic rings. The number of carbonyl (C=O) groups excluding carboxylic acids is 3. The summed E-state index contributed by atoms with van der Waals surface area (Å²) in [5, 5.41) is 2.53. The van der Waals surface area contributed by atoms with Gasteiger partial charge in [-0.05, 0) is 40.2 Å². The molecule has 0 radical (unpaired) electrons. The van der Waals surface area contributed by atoms with Gasteiger partial charge in [-0.1, -0.05) is 0 Å². The third kappa shape index (κ3) is 4.11. The van der Waals surface area contributed by atoms with Crippen LogP contribution in [0, 0.1) is 0 Å². The van der Waals surface area contributed by atoms with Gasteiger partial charge in [-0.25, -0.2) is 9.59 Å². The van der Waals surface area contributed by atoms with Crippen LogP contribution in [-0.4, -0.2) is 44.1 Å². The van der Waals surface area contributed by atoms with Gasteiger partial charge in [0, 0.05) is 11.6 Å². The summed E-state index contributed by atoms with van der Waals surface area (Å²) in [7, 11) is 4.24. The molecule has 1 aromatic carbocycles. The molecule has 29 heavy (non-hydrogen) atoms. The third-order valence-electron chi connectivity index (χ3n) is 4.13. The maximum absolute atomic E-state index is 12.7. The Morgan fingerprint density at radius 2 is 1.90 bits per heavy atom. The first-order chi connectivity index (χ1) is 13.9. The Bertz CT molecular complexity index is 1010. The van der Waals surface area contributed by atoms with E-state index in [1.54, 1.807) is 12.1 Å². The second-order valence-corrected chi connectivity index (χ2v) is 6.72. The molecule has 0 saturated carbocycles. The number of benzene rings is 1. The Hall–Kier alpha value is -3.27. The van der Waals surface area contributed by atoms with E-state index in [1.165, 1.54) is 39.5 Å². The van der Waals surface area contributed by atoms with Gasteiger partial charge in [-0.2, -0.15) is 0 Å². The summed E-state index contributed by atoms with van der Waals surface area (Å²) in [5.41, 5.74) is 0.641. The standard InChI is InChI=1S/C19H17BrN2O7/c1-26-15-8-16(27-2)12(20)6-10(15)7-13-17(23)22(19(25)21-13)9-11-4-5-14(29-11)18(24)28-3/h4-8H,9H2,1-3H3,(H,21,25). The number of methoxy groups -OCH3 is 3. The van der Waals surface area contributed by atoms with Crippen LogP contribution in [0.3, 0.4) is 0 Å². The number of halogens is 1. The molecule has 10 heteroatoms. The number of nitrogens with one attached hydrogen (secondary N) is 1. The fourth-order valence-corrected chi connectivity index (χ4v) is 3.22. The molecule has 3 rings (SSSR count). The van der Waals surface area contributed by atoms with E-state index in [4.69, 9.17) is 13.9 Å². The number of furan rings is 1. The number of carbonyl (C=O) groups is 3. The Morgan fingerprint density at radius 1 is 1.17 bits per heavy atom. The molecule has 1 fully saturated rings. The second kappa shape index (κ2) is 8.39. The van der Waals surface area contributed by atoms with Crippen LogP contribution in [0.15, 0.2) is 38.9 Å². The Labute approximate surface area is 174 Å². The van der Waals surface area contributed by atoms with Gasteiger partial charge in [0.2, 0.25) is 5.76 Å². The predicted octanol–water partition coefficient (Wildman–Crippen LogP) is 2.94. The summed E-state index contributed by atoms with van der Waals surface area (Å²) >= 11 is 3.38. The summed E-state index contributed by atoms with van der Waals surface area (Å²) in [6.07, 6.45) is 1.51. The van der Waals surface area contributed by atoms with Gasteiger partial charge in [0.05, 0.1) is 32.3 Å². The average molecular weight is 465 g/mol. The highest BCUT2D eigenvalue weighted by Gasteiger charge is 2.34. The lowest BCUT2D eigenvalue weighted by Gasteiger charge is -2.10. The van der Waals surface area contributed by atoms with Crippen molar-refractivity contribution >= 4 is 39.9 Å². The van der Waals surface area contributed by atoms with Gasteiger partial charge in [0.25, 0.3) is 5.91 Å². The number of imide groups is 1. The van der Waals surface area contributed by atoms with Crippen LogP contribution >= 0.6 is 15.9 Å². The molecule has 1 aromatic heterocycles. The monoisotopic (exact) mass is 464 g/mol. The van der Waals surface area contributed by atoms with Crippen molar-refractivity contribution in [1.82, 2.24) is 10.2 Å². The first-order valence-corrected chi connectivity index (χ1v) is 9.10. The van der Waals surface area contributed by atoms with Crippen molar-refractivity contribution in [3.05, 3.63) is 51.5 Å². The molecular weight excluding hydrogens is 448 g/mol. The van der Waals surface area contributed by atoms with E-state index >= 15 is 0 Å². The molecule has 0 unspecified atom stereocenters. The summed E-state index contributed by atoms with van der Waals surface area (Å²) in [6.45, 7) is -0.136. The second-order valence-electron chi connectivity index (χ2n) is 5.87. The minimum Gasteiger partial charge on any atom is -0.496 e. The molecule has 9 nitrogen and oxygen atoms in total. The van der Waals surface area contributed by atoms with Crippen LogP contribution in [0.5, 0.6) is 11.5 Å². The summed E-state index contributed by atoms with van der Waals surface area (Å²) in [6, 6.07) is 5.67. The van der Waals surface area contributed by atoms with Gasteiger partial charge in [-0.3, -0.25) is 9.69 Å². The van der Waals surface area contributed by atoms with Gasteiger partial charge >= 0.3 is 12.0 Å². The molecule has 0 atom stereocenters. The Morgan fingerprint density at radius 3 is 2.55 bits per heavy atom. The van der Waals surface area contributed by atoms with Crippen LogP contribution in [0.1, 0.15) is 21.9 Å². The van der Waals surface area contributed by atoms with E-state index in [2.05, 4.69) is 26.0 Å². The number of nitrogens with zero attached hydrogens (tertiary/aromatic N) is 1. The van der Waals surface area contributed by atoms with Crippen molar-refractivity contribution in [3.8, 4) is 11.5 Å². The zero-order valence-corrected chi connectivity index (χ0v) is 17.4. The van der Waals surface area contributed by atoms with E-state index in [-0.39, 0.29) is 23.8 Å². The van der Waals surface area contributed by atoms with Gasteiger partial charge in [0.1, 0.15) is 23.0 Å². The maximum atomic E-state index is 12.7. The molecule has 1 saturated heterocycles. The quantitative estimate of drug-likeness (QED) is 0.397. The van der Waals surface area contributed by atoms with Crippen molar-refractivity contribution in [2.24, 2.45) is 0 Å². The summed E-state index contributed by atoms with van der Waals surface area (Å²) < 4.78 is 21.1. The number of hydrogen-bond acceptors (Lipinski definition) is 7. The molecule has 0 aliphatic carbocycles. The molecule has 3 amide bonds. The molecule has 1 N–H and O–H groups in total. The fraction of sp³-hybridized carbons (Fsp3) is 0.211. The molecule has 1 aliphatic heterocycles. The van der Waals surface area contributed by atoms with Crippen molar-refractivity contribution in [2.45, 2.75) is 6.54 Å². The first-order valence-electron chi connectivity index (χ1n) is 8.31. The summed E-state index contributed by atoms with van der Waals surface area (Å²) in [4.78, 5) is 37.4. The number of ether oxygens (including phenoxy) is 3. The van der Waals surface area contributed by atoms with Crippen molar-refractivity contribution in [2.75, 3.05) is 21.3 Å². The topological polar surface area (TPSA) is 107 Å². The molecule has 2 heterocycles. The van der Waals surface area contributed by atoms with E-state index in [0.717, 1.165) is 4.90 Å². The lowest BCUT2D eigenvalue weighted by molar-refractivity contribution is -0.123. The van der Waals surface area contributed by atoms with E-state index in [9.17, 15) is 14.4 Å². The molecule has 0 bridgehead atoms. The average Bonchev–Trinajstić information content (AvgIpc) is 3.28. The van der Waals surface area contributed by atoms with Gasteiger partial charge in [-0.15, -0.1) is 0 Å². The van der Waals surface area contributed by atoms with Crippen LogP contribution in [0.2, 0.25) is 0 Å². The highest BCUT2D eigenvalue weighted by atomic mass is 79.9. The fourth-order valence-electron chi connectivity index (χ4n) is 2.70. The maximum Gasteiger partial charge on any atom is 0.373 e. The number of amides is 3. The van der Waals surface area contributed by atoms with Crippen molar-refractivity contribution < 1.29 is 33.0 Å². The number of urea groups is 1. The van der Waals surface area contributed by atoms with Crippen LogP contribution < -0.4 is 14.8 Å². The number of esters is 1. The Balaban J connectivity index is 1.84. The largest absolute Gasteiger partial charge is 0.496 e. The lowest BCUT2D eigenvalue weighted by atomic mass is 10.1. The van der Waals surface area contributed by atoms with Crippen molar-refractivity contribution in [1.29, 1.82) is 0 Å². The Kier molecular flexibility index (Phi) is 5.92. The highest BCUT2D eigenvalue weighted by Crippen LogP contribution is 2.34. The SMILES string of the molecule is COC(=O)c1ccc(CN2C(=O)NC(=Cc3cc(Br)c(OC)cc3OC)C2=O)o1. The van der Waals surface area contributed by atoms with E-state index in [0.29, 0.717) is 21.5 Å². The van der Waals surface area contributed by atoms with Crippen LogP contribution in [-0.2, 0) is 16.1 Å². The molecular formula is C19H17BrN2O7. The molecule has 0 spiro atoms. The highest BCUT2D eigenvalue weighted by molar-refractivity contribution is 9.10. The zero-order chi connectivity index (χ0) is 21.1. The number of hydrogen-bond donors (Lipinski definition) is 1. The van der Waals surface area contributed by atoms with E-state index < -0.39 is 17.9 Å². The van der Waals surface area contributed by atoms with Crippen LogP contribution in [0.25, 0.3) is 6.08 Å². The third-order valence-corrected chi connectivity index (χ3v) is 4.75. The van der Waals surface area contributed by atoms with Gasteiger partial charge in [0.15, 0.2) is 0 Å².